The molecule has 112 valence electrons. The highest BCUT2D eigenvalue weighted by molar-refractivity contribution is 7.99. The molecule has 2 rings (SSSR count). The molecule has 1 saturated carbocycles. The molecule has 20 heavy (non-hydrogen) atoms. The van der Waals surface area contributed by atoms with Crippen LogP contribution in [0.2, 0.25) is 0 Å². The van der Waals surface area contributed by atoms with Crippen molar-refractivity contribution in [1.82, 2.24) is 15.3 Å². The molecule has 1 aliphatic carbocycles. The Morgan fingerprint density at radius 1 is 1.30 bits per heavy atom. The van der Waals surface area contributed by atoms with Gasteiger partial charge in [0, 0.05) is 17.5 Å². The third kappa shape index (κ3) is 4.74. The molecule has 4 heteroatoms. The summed E-state index contributed by atoms with van der Waals surface area (Å²) in [6.07, 6.45) is 11.4. The van der Waals surface area contributed by atoms with Gasteiger partial charge in [-0.25, -0.2) is 9.97 Å². The van der Waals surface area contributed by atoms with E-state index in [1.165, 1.54) is 38.5 Å². The summed E-state index contributed by atoms with van der Waals surface area (Å²) in [4.78, 5) is 8.39. The van der Waals surface area contributed by atoms with E-state index in [2.05, 4.69) is 29.1 Å². The highest BCUT2D eigenvalue weighted by atomic mass is 32.2. The Kier molecular flexibility index (Phi) is 6.80. The van der Waals surface area contributed by atoms with E-state index in [1.807, 2.05) is 24.0 Å². The Hall–Kier alpha value is -0.610. The highest BCUT2D eigenvalue weighted by Gasteiger charge is 2.30. The summed E-state index contributed by atoms with van der Waals surface area (Å²) in [5.74, 6) is 0.902. The van der Waals surface area contributed by atoms with Crippen molar-refractivity contribution in [2.24, 2.45) is 5.92 Å². The topological polar surface area (TPSA) is 37.8 Å². The van der Waals surface area contributed by atoms with Crippen LogP contribution in [0.25, 0.3) is 0 Å². The van der Waals surface area contributed by atoms with E-state index < -0.39 is 0 Å². The first-order valence-corrected chi connectivity index (χ1v) is 8.87. The van der Waals surface area contributed by atoms with Crippen LogP contribution in [-0.2, 0) is 0 Å². The summed E-state index contributed by atoms with van der Waals surface area (Å²) in [5.41, 5.74) is 0. The van der Waals surface area contributed by atoms with Crippen LogP contribution in [0.5, 0.6) is 0 Å². The van der Waals surface area contributed by atoms with E-state index in [1.54, 1.807) is 6.33 Å². The maximum atomic E-state index is 4.38. The first-order valence-electron chi connectivity index (χ1n) is 7.99. The lowest BCUT2D eigenvalue weighted by Gasteiger charge is -2.36. The van der Waals surface area contributed by atoms with Crippen molar-refractivity contribution in [1.29, 1.82) is 0 Å². The zero-order valence-corrected chi connectivity index (χ0v) is 13.5. The predicted molar refractivity (Wildman–Crippen MR) is 86.0 cm³/mol. The van der Waals surface area contributed by atoms with Gasteiger partial charge in [0.15, 0.2) is 0 Å². The van der Waals surface area contributed by atoms with Crippen molar-refractivity contribution in [2.45, 2.75) is 68.7 Å². The van der Waals surface area contributed by atoms with Crippen LogP contribution in [0.15, 0.2) is 23.6 Å². The number of nitrogens with zero attached hydrogens (tertiary/aromatic N) is 2. The normalized spacial score (nSPS) is 26.6. The summed E-state index contributed by atoms with van der Waals surface area (Å²) < 4.78 is 0. The van der Waals surface area contributed by atoms with Crippen LogP contribution in [0.1, 0.15) is 52.4 Å². The Labute approximate surface area is 127 Å². The van der Waals surface area contributed by atoms with Gasteiger partial charge in [-0.05, 0) is 44.2 Å². The van der Waals surface area contributed by atoms with Crippen molar-refractivity contribution < 1.29 is 0 Å². The molecule has 0 spiro atoms. The average molecular weight is 293 g/mol. The minimum absolute atomic E-state index is 0.642. The van der Waals surface area contributed by atoms with Crippen LogP contribution in [0.3, 0.4) is 0 Å². The number of rotatable bonds is 7. The van der Waals surface area contributed by atoms with Gasteiger partial charge in [0.25, 0.3) is 0 Å². The third-order valence-electron chi connectivity index (χ3n) is 4.08. The van der Waals surface area contributed by atoms with Gasteiger partial charge in [0.05, 0.1) is 5.03 Å². The number of hydrogen-bond acceptors (Lipinski definition) is 4. The number of aromatic nitrogens is 2. The van der Waals surface area contributed by atoms with E-state index in [4.69, 9.17) is 0 Å². The number of nitrogens with one attached hydrogen (secondary N) is 1. The molecule has 0 bridgehead atoms. The van der Waals surface area contributed by atoms with E-state index in [9.17, 15) is 0 Å². The average Bonchev–Trinajstić information content (AvgIpc) is 2.48. The molecule has 1 aromatic heterocycles. The SMILES string of the molecule is CCCNC1CCC(CCC)CC1Sc1ccncn1. The number of thioether (sulfide) groups is 1. The molecule has 1 fully saturated rings. The van der Waals surface area contributed by atoms with Gasteiger partial charge in [0.1, 0.15) is 6.33 Å². The maximum absolute atomic E-state index is 4.38. The smallest absolute Gasteiger partial charge is 0.116 e. The second kappa shape index (κ2) is 8.63. The molecule has 0 aromatic carbocycles. The molecular formula is C16H27N3S. The molecule has 3 unspecified atom stereocenters. The van der Waals surface area contributed by atoms with E-state index >= 15 is 0 Å². The van der Waals surface area contributed by atoms with Gasteiger partial charge in [-0.15, -0.1) is 11.8 Å². The Morgan fingerprint density at radius 3 is 2.90 bits per heavy atom. The van der Waals surface area contributed by atoms with Gasteiger partial charge >= 0.3 is 0 Å². The Morgan fingerprint density at radius 2 is 2.20 bits per heavy atom. The zero-order valence-electron chi connectivity index (χ0n) is 12.7. The molecule has 1 aliphatic rings. The quantitative estimate of drug-likeness (QED) is 0.774. The standard InChI is InChI=1S/C16H27N3S/c1-3-5-13-6-7-14(18-9-4-2)15(11-13)20-16-8-10-17-12-19-16/h8,10,12-15,18H,3-7,9,11H2,1-2H3. The second-order valence-electron chi connectivity index (χ2n) is 5.73. The minimum atomic E-state index is 0.642. The molecule has 1 N–H and O–H groups in total. The third-order valence-corrected chi connectivity index (χ3v) is 5.39. The van der Waals surface area contributed by atoms with Gasteiger partial charge in [-0.1, -0.05) is 26.7 Å². The van der Waals surface area contributed by atoms with Crippen LogP contribution in [0.4, 0.5) is 0 Å². The van der Waals surface area contributed by atoms with Crippen molar-refractivity contribution in [2.75, 3.05) is 6.54 Å². The summed E-state index contributed by atoms with van der Waals surface area (Å²) in [6, 6.07) is 2.67. The fraction of sp³-hybridized carbons (Fsp3) is 0.750. The minimum Gasteiger partial charge on any atom is -0.313 e. The lowest BCUT2D eigenvalue weighted by Crippen LogP contribution is -2.43. The predicted octanol–water partition coefficient (Wildman–Crippen LogP) is 3.91. The largest absolute Gasteiger partial charge is 0.313 e. The lowest BCUT2D eigenvalue weighted by atomic mass is 9.83. The summed E-state index contributed by atoms with van der Waals surface area (Å²) in [7, 11) is 0. The molecule has 3 atom stereocenters. The lowest BCUT2D eigenvalue weighted by molar-refractivity contribution is 0.287. The summed E-state index contributed by atoms with van der Waals surface area (Å²) in [6.45, 7) is 5.67. The first kappa shape index (κ1) is 15.8. The van der Waals surface area contributed by atoms with Gasteiger partial charge in [0.2, 0.25) is 0 Å². The van der Waals surface area contributed by atoms with Crippen LogP contribution < -0.4 is 5.32 Å². The summed E-state index contributed by atoms with van der Waals surface area (Å²) >= 11 is 1.94. The summed E-state index contributed by atoms with van der Waals surface area (Å²) in [5, 5.41) is 5.51. The van der Waals surface area contributed by atoms with Gasteiger partial charge in [-0.2, -0.15) is 0 Å². The molecule has 0 aliphatic heterocycles. The van der Waals surface area contributed by atoms with Crippen LogP contribution in [0, 0.1) is 5.92 Å². The molecular weight excluding hydrogens is 266 g/mol. The Balaban J connectivity index is 1.97. The molecule has 1 heterocycles. The molecule has 3 nitrogen and oxygen atoms in total. The van der Waals surface area contributed by atoms with Gasteiger partial charge < -0.3 is 5.32 Å². The van der Waals surface area contributed by atoms with Crippen molar-refractivity contribution in [3.05, 3.63) is 18.6 Å². The fourth-order valence-electron chi connectivity index (χ4n) is 3.08. The van der Waals surface area contributed by atoms with Crippen LogP contribution in [-0.4, -0.2) is 27.8 Å². The molecule has 0 radical (unpaired) electrons. The molecule has 0 saturated heterocycles. The fourth-order valence-corrected chi connectivity index (χ4v) is 4.40. The van der Waals surface area contributed by atoms with E-state index in [-0.39, 0.29) is 0 Å². The van der Waals surface area contributed by atoms with Crippen LogP contribution >= 0.6 is 11.8 Å². The highest BCUT2D eigenvalue weighted by Crippen LogP contribution is 2.37. The van der Waals surface area contributed by atoms with Gasteiger partial charge in [-0.3, -0.25) is 0 Å². The maximum Gasteiger partial charge on any atom is 0.116 e. The Bertz CT molecular complexity index is 371. The van der Waals surface area contributed by atoms with Crippen molar-refractivity contribution >= 4 is 11.8 Å². The van der Waals surface area contributed by atoms with E-state index in [0.717, 1.165) is 17.5 Å². The second-order valence-corrected chi connectivity index (χ2v) is 6.99. The monoisotopic (exact) mass is 293 g/mol. The number of hydrogen-bond donors (Lipinski definition) is 1. The van der Waals surface area contributed by atoms with Crippen molar-refractivity contribution in [3.8, 4) is 0 Å². The molecule has 1 aromatic rings. The molecule has 0 amide bonds. The van der Waals surface area contributed by atoms with Crippen molar-refractivity contribution in [3.63, 3.8) is 0 Å². The zero-order chi connectivity index (χ0) is 14.2. The van der Waals surface area contributed by atoms with E-state index in [0.29, 0.717) is 11.3 Å². The first-order chi connectivity index (χ1) is 9.83.